The van der Waals surface area contributed by atoms with Crippen LogP contribution in [0.2, 0.25) is 0 Å². The first-order valence-electron chi connectivity index (χ1n) is 4.01. The van der Waals surface area contributed by atoms with Gasteiger partial charge in [0.05, 0.1) is 0 Å². The van der Waals surface area contributed by atoms with E-state index >= 15 is 0 Å². The second-order valence-electron chi connectivity index (χ2n) is 3.05. The quantitative estimate of drug-likeness (QED) is 0.910. The van der Waals surface area contributed by atoms with E-state index in [9.17, 15) is 13.2 Å². The summed E-state index contributed by atoms with van der Waals surface area (Å²) in [6.45, 7) is -1.14. The van der Waals surface area contributed by atoms with Gasteiger partial charge in [-0.1, -0.05) is 15.9 Å². The van der Waals surface area contributed by atoms with Crippen molar-refractivity contribution in [3.8, 4) is 0 Å². The summed E-state index contributed by atoms with van der Waals surface area (Å²) < 4.78 is 38.7. The SMILES string of the molecule is [NH-][C@@](CO)(c1cc(Br)ccc1F)C(F)F. The second-order valence-corrected chi connectivity index (χ2v) is 3.97. The summed E-state index contributed by atoms with van der Waals surface area (Å²) in [5.74, 6) is -0.928. The van der Waals surface area contributed by atoms with Gasteiger partial charge >= 0.3 is 0 Å². The van der Waals surface area contributed by atoms with Gasteiger partial charge in [-0.25, -0.2) is 13.2 Å². The molecule has 6 heteroatoms. The van der Waals surface area contributed by atoms with E-state index < -0.39 is 30.0 Å². The Morgan fingerprint density at radius 1 is 1.47 bits per heavy atom. The lowest BCUT2D eigenvalue weighted by Gasteiger charge is -2.36. The first kappa shape index (κ1) is 12.5. The van der Waals surface area contributed by atoms with Crippen LogP contribution in [0, 0.1) is 5.82 Å². The van der Waals surface area contributed by atoms with Crippen LogP contribution >= 0.6 is 15.9 Å². The number of aliphatic hydroxyl groups is 1. The van der Waals surface area contributed by atoms with Gasteiger partial charge in [-0.15, -0.1) is 0 Å². The second kappa shape index (κ2) is 4.51. The molecule has 0 unspecified atom stereocenters. The molecule has 0 fully saturated rings. The number of rotatable bonds is 3. The number of halogens is 4. The molecule has 0 aliphatic rings. The first-order valence-corrected chi connectivity index (χ1v) is 4.80. The van der Waals surface area contributed by atoms with Gasteiger partial charge in [0.25, 0.3) is 0 Å². The Morgan fingerprint density at radius 2 is 2.07 bits per heavy atom. The lowest BCUT2D eigenvalue weighted by atomic mass is 9.92. The third-order valence-corrected chi connectivity index (χ3v) is 2.52. The Hall–Kier alpha value is -0.590. The summed E-state index contributed by atoms with van der Waals surface area (Å²) in [5.41, 5.74) is 4.21. The maximum absolute atomic E-state index is 13.2. The first-order chi connectivity index (χ1) is 6.91. The molecule has 15 heavy (non-hydrogen) atoms. The van der Waals surface area contributed by atoms with Crippen molar-refractivity contribution in [2.45, 2.75) is 12.0 Å². The molecule has 1 aromatic carbocycles. The lowest BCUT2D eigenvalue weighted by molar-refractivity contribution is 0.0375. The van der Waals surface area contributed by atoms with Crippen molar-refractivity contribution < 1.29 is 18.3 Å². The van der Waals surface area contributed by atoms with Crippen LogP contribution in [-0.4, -0.2) is 18.1 Å². The Kier molecular flexibility index (Phi) is 3.75. The summed E-state index contributed by atoms with van der Waals surface area (Å²) in [6, 6.07) is 3.38. The predicted molar refractivity (Wildman–Crippen MR) is 53.2 cm³/mol. The Balaban J connectivity index is 3.29. The molecule has 0 radical (unpaired) electrons. The van der Waals surface area contributed by atoms with Crippen LogP contribution in [0.1, 0.15) is 5.56 Å². The fraction of sp³-hybridized carbons (Fsp3) is 0.333. The number of hydrogen-bond donors (Lipinski definition) is 1. The summed E-state index contributed by atoms with van der Waals surface area (Å²) in [7, 11) is 0. The molecule has 0 aliphatic heterocycles. The number of hydrogen-bond acceptors (Lipinski definition) is 1. The molecule has 2 N–H and O–H groups in total. The molecule has 2 nitrogen and oxygen atoms in total. The summed E-state index contributed by atoms with van der Waals surface area (Å²) >= 11 is 2.99. The lowest BCUT2D eigenvalue weighted by Crippen LogP contribution is -2.35. The summed E-state index contributed by atoms with van der Waals surface area (Å²) in [5, 5.41) is 8.77. The maximum Gasteiger partial charge on any atom is 0.231 e. The van der Waals surface area contributed by atoms with Gasteiger partial charge in [-0.3, -0.25) is 0 Å². The zero-order valence-corrected chi connectivity index (χ0v) is 9.06. The molecule has 0 amide bonds. The molecule has 0 aliphatic carbocycles. The number of nitrogens with one attached hydrogen (secondary N) is 1. The topological polar surface area (TPSA) is 44.0 Å². The summed E-state index contributed by atoms with van der Waals surface area (Å²) in [4.78, 5) is 0. The van der Waals surface area contributed by atoms with E-state index in [1.54, 1.807) is 0 Å². The third kappa shape index (κ3) is 2.32. The highest BCUT2D eigenvalue weighted by atomic mass is 79.9. The molecule has 84 valence electrons. The van der Waals surface area contributed by atoms with Crippen LogP contribution in [0.3, 0.4) is 0 Å². The van der Waals surface area contributed by atoms with Crippen molar-refractivity contribution in [2.24, 2.45) is 0 Å². The van der Waals surface area contributed by atoms with Crippen LogP contribution in [-0.2, 0) is 5.54 Å². The van der Waals surface area contributed by atoms with Crippen molar-refractivity contribution in [1.29, 1.82) is 0 Å². The molecule has 0 saturated heterocycles. The van der Waals surface area contributed by atoms with Crippen molar-refractivity contribution >= 4 is 15.9 Å². The van der Waals surface area contributed by atoms with Crippen molar-refractivity contribution in [2.75, 3.05) is 6.61 Å². The van der Waals surface area contributed by atoms with Gasteiger partial charge < -0.3 is 10.8 Å². The molecule has 0 bridgehead atoms. The van der Waals surface area contributed by atoms with E-state index in [0.29, 0.717) is 4.47 Å². The van der Waals surface area contributed by atoms with Crippen LogP contribution in [0.25, 0.3) is 5.73 Å². The average Bonchev–Trinajstić information content (AvgIpc) is 2.20. The van der Waals surface area contributed by atoms with Crippen molar-refractivity contribution in [3.05, 3.63) is 39.8 Å². The van der Waals surface area contributed by atoms with Gasteiger partial charge in [-0.05, 0) is 29.3 Å². The zero-order valence-electron chi connectivity index (χ0n) is 7.48. The van der Waals surface area contributed by atoms with E-state index in [1.807, 2.05) is 0 Å². The van der Waals surface area contributed by atoms with E-state index in [2.05, 4.69) is 15.9 Å². The third-order valence-electron chi connectivity index (χ3n) is 2.03. The maximum atomic E-state index is 13.2. The van der Waals surface area contributed by atoms with Crippen molar-refractivity contribution in [3.63, 3.8) is 0 Å². The van der Waals surface area contributed by atoms with E-state index in [-0.39, 0.29) is 0 Å². The van der Waals surface area contributed by atoms with Crippen LogP contribution in [0.4, 0.5) is 13.2 Å². The minimum atomic E-state index is -3.16. The van der Waals surface area contributed by atoms with E-state index in [4.69, 9.17) is 10.8 Å². The average molecular weight is 283 g/mol. The molecule has 1 aromatic rings. The monoisotopic (exact) mass is 282 g/mol. The number of alkyl halides is 2. The molecule has 0 aromatic heterocycles. The Morgan fingerprint density at radius 3 is 2.53 bits per heavy atom. The fourth-order valence-corrected chi connectivity index (χ4v) is 1.47. The van der Waals surface area contributed by atoms with E-state index in [1.165, 1.54) is 6.07 Å². The smallest absolute Gasteiger partial charge is 0.231 e. The van der Waals surface area contributed by atoms with Crippen LogP contribution < -0.4 is 0 Å². The normalized spacial score (nSPS) is 15.4. The molecule has 0 saturated carbocycles. The minimum Gasteiger partial charge on any atom is -0.661 e. The largest absolute Gasteiger partial charge is 0.661 e. The highest BCUT2D eigenvalue weighted by Crippen LogP contribution is 2.34. The van der Waals surface area contributed by atoms with Gasteiger partial charge in [-0.2, -0.15) is 0 Å². The number of aliphatic hydroxyl groups excluding tert-OH is 1. The zero-order chi connectivity index (χ0) is 11.6. The van der Waals surface area contributed by atoms with Gasteiger partial charge in [0.1, 0.15) is 5.82 Å². The van der Waals surface area contributed by atoms with Crippen molar-refractivity contribution in [1.82, 2.24) is 0 Å². The highest BCUT2D eigenvalue weighted by Gasteiger charge is 2.31. The predicted octanol–water partition coefficient (Wildman–Crippen LogP) is 3.09. The Labute approximate surface area is 93.0 Å². The summed E-state index contributed by atoms with van der Waals surface area (Å²) in [6.07, 6.45) is -3.16. The number of benzene rings is 1. The molecule has 1 rings (SSSR count). The molecule has 1 atom stereocenters. The molecular weight excluding hydrogens is 275 g/mol. The standard InChI is InChI=1S/C9H8BrF3NO/c10-5-1-2-7(11)6(3-5)9(14,4-15)8(12)13/h1-3,8,14-15H,4H2/q-1/t9-/m0/s1. The van der Waals surface area contributed by atoms with Gasteiger partial charge in [0.15, 0.2) is 0 Å². The Bertz CT molecular complexity index is 361. The van der Waals surface area contributed by atoms with Crippen LogP contribution in [0.15, 0.2) is 22.7 Å². The molecule has 0 spiro atoms. The van der Waals surface area contributed by atoms with Crippen LogP contribution in [0.5, 0.6) is 0 Å². The molecule has 0 heterocycles. The minimum absolute atomic E-state index is 0.379. The van der Waals surface area contributed by atoms with Gasteiger partial charge in [0, 0.05) is 11.1 Å². The molecular formula is C9H8BrF3NO-. The van der Waals surface area contributed by atoms with E-state index in [0.717, 1.165) is 12.1 Å². The highest BCUT2D eigenvalue weighted by molar-refractivity contribution is 9.10. The van der Waals surface area contributed by atoms with Gasteiger partial charge in [0.2, 0.25) is 6.43 Å². The fourth-order valence-electron chi connectivity index (χ4n) is 1.11.